The molecule has 0 radical (unpaired) electrons. The van der Waals surface area contributed by atoms with Crippen LogP contribution in [0.1, 0.15) is 23.1 Å². The predicted molar refractivity (Wildman–Crippen MR) is 162 cm³/mol. The molecule has 10 nitrogen and oxygen atoms in total. The molecule has 2 heterocycles. The van der Waals surface area contributed by atoms with Gasteiger partial charge in [-0.05, 0) is 29.3 Å². The van der Waals surface area contributed by atoms with Crippen LogP contribution in [-0.4, -0.2) is 66.6 Å². The Morgan fingerprint density at radius 3 is 2.45 bits per heavy atom. The Balaban J connectivity index is 1.35. The van der Waals surface area contributed by atoms with E-state index in [2.05, 4.69) is 20.5 Å². The quantitative estimate of drug-likeness (QED) is 0.302. The minimum absolute atomic E-state index is 0.113. The molecule has 1 saturated heterocycles. The van der Waals surface area contributed by atoms with Crippen LogP contribution >= 0.6 is 23.2 Å². The van der Waals surface area contributed by atoms with Crippen LogP contribution < -0.4 is 21.3 Å². The van der Waals surface area contributed by atoms with Crippen molar-refractivity contribution in [2.45, 2.75) is 32.0 Å². The zero-order valence-electron chi connectivity index (χ0n) is 23.1. The van der Waals surface area contributed by atoms with Gasteiger partial charge in [-0.1, -0.05) is 65.7 Å². The van der Waals surface area contributed by atoms with Crippen LogP contribution in [0.3, 0.4) is 0 Å². The second-order valence-corrected chi connectivity index (χ2v) is 10.7. The maximum Gasteiger partial charge on any atom is 0.407 e. The molecule has 1 aromatic heterocycles. The maximum atomic E-state index is 13.6. The monoisotopic (exact) mass is 612 g/mol. The summed E-state index contributed by atoms with van der Waals surface area (Å²) in [6.45, 7) is 2.52. The number of alkyl carbamates (subject to hydrolysis) is 1. The van der Waals surface area contributed by atoms with Crippen molar-refractivity contribution in [2.75, 3.05) is 37.6 Å². The van der Waals surface area contributed by atoms with Gasteiger partial charge in [0, 0.05) is 73.9 Å². The van der Waals surface area contributed by atoms with Crippen molar-refractivity contribution >= 4 is 46.9 Å². The average Bonchev–Trinajstić information content (AvgIpc) is 3.00. The first-order valence-electron chi connectivity index (χ1n) is 13.7. The summed E-state index contributed by atoms with van der Waals surface area (Å²) in [5, 5.41) is 6.53. The zero-order chi connectivity index (χ0) is 29.9. The number of anilines is 1. The van der Waals surface area contributed by atoms with Crippen molar-refractivity contribution in [2.24, 2.45) is 5.73 Å². The highest BCUT2D eigenvalue weighted by molar-refractivity contribution is 6.35. The highest BCUT2D eigenvalue weighted by atomic mass is 35.5. The molecular formula is C30H34Cl2N6O4. The summed E-state index contributed by atoms with van der Waals surface area (Å²) in [5.74, 6) is 0.233. The molecule has 4 N–H and O–H groups in total. The number of hydrogen-bond donors (Lipinski definition) is 3. The van der Waals surface area contributed by atoms with Crippen LogP contribution in [0.25, 0.3) is 0 Å². The highest BCUT2D eigenvalue weighted by Crippen LogP contribution is 2.24. The number of benzene rings is 2. The lowest BCUT2D eigenvalue weighted by molar-refractivity contribution is -0.136. The molecule has 42 heavy (non-hydrogen) atoms. The van der Waals surface area contributed by atoms with E-state index in [1.165, 1.54) is 0 Å². The van der Waals surface area contributed by atoms with Gasteiger partial charge in [-0.25, -0.2) is 9.78 Å². The Labute approximate surface area is 255 Å². The van der Waals surface area contributed by atoms with E-state index in [0.717, 1.165) is 16.9 Å². The number of ether oxygens (including phenoxy) is 1. The molecule has 0 unspecified atom stereocenters. The van der Waals surface area contributed by atoms with E-state index in [1.807, 2.05) is 42.5 Å². The van der Waals surface area contributed by atoms with Crippen LogP contribution in [-0.2, 0) is 33.9 Å². The van der Waals surface area contributed by atoms with Crippen molar-refractivity contribution in [3.8, 4) is 0 Å². The Kier molecular flexibility index (Phi) is 11.4. The number of aromatic nitrogens is 1. The van der Waals surface area contributed by atoms with Crippen molar-refractivity contribution in [3.63, 3.8) is 0 Å². The smallest absolute Gasteiger partial charge is 0.407 e. The second-order valence-electron chi connectivity index (χ2n) is 9.81. The number of rotatable bonds is 11. The number of nitrogens with one attached hydrogen (secondary N) is 2. The molecule has 1 aliphatic heterocycles. The number of nitrogens with zero attached hydrogens (tertiary/aromatic N) is 3. The Hall–Kier alpha value is -3.86. The fourth-order valence-corrected chi connectivity index (χ4v) is 5.14. The molecule has 3 amide bonds. The Morgan fingerprint density at radius 2 is 1.74 bits per heavy atom. The van der Waals surface area contributed by atoms with E-state index < -0.39 is 12.1 Å². The van der Waals surface area contributed by atoms with Crippen LogP contribution in [0.2, 0.25) is 10.0 Å². The minimum atomic E-state index is -0.800. The number of halogens is 2. The number of piperazine rings is 1. The summed E-state index contributed by atoms with van der Waals surface area (Å²) in [7, 11) is 0. The van der Waals surface area contributed by atoms with Gasteiger partial charge in [-0.2, -0.15) is 0 Å². The van der Waals surface area contributed by atoms with Crippen molar-refractivity contribution < 1.29 is 19.1 Å². The molecule has 2 aromatic carbocycles. The van der Waals surface area contributed by atoms with Gasteiger partial charge >= 0.3 is 6.09 Å². The average molecular weight is 614 g/mol. The van der Waals surface area contributed by atoms with Crippen molar-refractivity contribution in [1.82, 2.24) is 20.5 Å². The van der Waals surface area contributed by atoms with Gasteiger partial charge in [-0.15, -0.1) is 0 Å². The highest BCUT2D eigenvalue weighted by Gasteiger charge is 2.30. The molecule has 0 saturated carbocycles. The number of amides is 3. The molecule has 0 bridgehead atoms. The molecule has 12 heteroatoms. The largest absolute Gasteiger partial charge is 0.445 e. The summed E-state index contributed by atoms with van der Waals surface area (Å²) in [6, 6.07) is 17.4. The first-order chi connectivity index (χ1) is 20.3. The van der Waals surface area contributed by atoms with E-state index in [9.17, 15) is 14.4 Å². The molecule has 1 aliphatic rings. The predicted octanol–water partition coefficient (Wildman–Crippen LogP) is 3.54. The van der Waals surface area contributed by atoms with E-state index in [1.54, 1.807) is 29.3 Å². The van der Waals surface area contributed by atoms with E-state index >= 15 is 0 Å². The van der Waals surface area contributed by atoms with E-state index in [4.69, 9.17) is 33.7 Å². The lowest BCUT2D eigenvalue weighted by Gasteiger charge is -2.37. The van der Waals surface area contributed by atoms with Crippen LogP contribution in [0.15, 0.2) is 66.9 Å². The topological polar surface area (TPSA) is 130 Å². The third-order valence-electron chi connectivity index (χ3n) is 6.84. The van der Waals surface area contributed by atoms with Crippen LogP contribution in [0.5, 0.6) is 0 Å². The standard InChI is InChI=1S/C30H34Cl2N6O4/c31-24-9-8-22(25(32)18-24)17-26(36-27(39)10-11-33)29(40)38-15-13-37(14-16-38)28-23(7-4-12-34-28)19-35-30(41)42-20-21-5-2-1-3-6-21/h1-9,12,18,26H,10-11,13-17,19-20,33H2,(H,35,41)(H,36,39)/t26-/m1/s1. The summed E-state index contributed by atoms with van der Waals surface area (Å²) in [6.07, 6.45) is 1.51. The zero-order valence-corrected chi connectivity index (χ0v) is 24.6. The Bertz CT molecular complexity index is 1370. The molecule has 1 atom stereocenters. The minimum Gasteiger partial charge on any atom is -0.445 e. The maximum absolute atomic E-state index is 13.6. The van der Waals surface area contributed by atoms with Gasteiger partial charge in [0.15, 0.2) is 0 Å². The lowest BCUT2D eigenvalue weighted by Crippen LogP contribution is -2.56. The van der Waals surface area contributed by atoms with Crippen molar-refractivity contribution in [3.05, 3.63) is 93.6 Å². The van der Waals surface area contributed by atoms with Gasteiger partial charge in [0.05, 0.1) is 0 Å². The normalized spacial score (nSPS) is 13.8. The second kappa shape index (κ2) is 15.4. The Morgan fingerprint density at radius 1 is 0.976 bits per heavy atom. The molecule has 1 fully saturated rings. The first-order valence-corrected chi connectivity index (χ1v) is 14.4. The summed E-state index contributed by atoms with van der Waals surface area (Å²) in [5.41, 5.74) is 7.99. The molecule has 3 aromatic rings. The number of nitrogens with two attached hydrogens (primary N) is 1. The number of pyridine rings is 1. The van der Waals surface area contributed by atoms with Crippen LogP contribution in [0.4, 0.5) is 10.6 Å². The summed E-state index contributed by atoms with van der Waals surface area (Å²) in [4.78, 5) is 46.6. The van der Waals surface area contributed by atoms with Gasteiger partial charge < -0.3 is 30.9 Å². The third-order valence-corrected chi connectivity index (χ3v) is 7.43. The molecule has 222 valence electrons. The lowest BCUT2D eigenvalue weighted by atomic mass is 10.0. The van der Waals surface area contributed by atoms with E-state index in [0.29, 0.717) is 41.8 Å². The van der Waals surface area contributed by atoms with E-state index in [-0.39, 0.29) is 44.4 Å². The first kappa shape index (κ1) is 31.1. The SMILES string of the molecule is NCCC(=O)N[C@H](Cc1ccc(Cl)cc1Cl)C(=O)N1CCN(c2ncccc2CNC(=O)OCc2ccccc2)CC1. The fraction of sp³-hybridized carbons (Fsp3) is 0.333. The van der Waals surface area contributed by atoms with Gasteiger partial charge in [0.2, 0.25) is 11.8 Å². The molecule has 0 spiro atoms. The van der Waals surface area contributed by atoms with Gasteiger partial charge in [0.25, 0.3) is 0 Å². The number of hydrogen-bond acceptors (Lipinski definition) is 7. The third kappa shape index (κ3) is 8.82. The summed E-state index contributed by atoms with van der Waals surface area (Å²) < 4.78 is 5.32. The summed E-state index contributed by atoms with van der Waals surface area (Å²) >= 11 is 12.4. The fourth-order valence-electron chi connectivity index (χ4n) is 4.66. The molecule has 0 aliphatic carbocycles. The number of carbonyl (C=O) groups excluding carboxylic acids is 3. The molecular weight excluding hydrogens is 579 g/mol. The van der Waals surface area contributed by atoms with Gasteiger partial charge in [-0.3, -0.25) is 9.59 Å². The van der Waals surface area contributed by atoms with Crippen molar-refractivity contribution in [1.29, 1.82) is 0 Å². The van der Waals surface area contributed by atoms with Gasteiger partial charge in [0.1, 0.15) is 18.5 Å². The molecule has 4 rings (SSSR count). The van der Waals surface area contributed by atoms with Crippen LogP contribution in [0, 0.1) is 0 Å². The number of carbonyl (C=O) groups is 3.